The van der Waals surface area contributed by atoms with Gasteiger partial charge >= 0.3 is 0 Å². The molecular formula is C22H21N5O5. The number of imidazole rings is 1. The Kier molecular flexibility index (Phi) is 5.06. The average Bonchev–Trinajstić information content (AvgIpc) is 3.48. The second-order valence-corrected chi connectivity index (χ2v) is 7.93. The summed E-state index contributed by atoms with van der Waals surface area (Å²) in [6.07, 6.45) is 1.73. The first-order valence-electron chi connectivity index (χ1n) is 10.5. The van der Waals surface area contributed by atoms with Crippen LogP contribution in [0.15, 0.2) is 48.5 Å². The highest BCUT2D eigenvalue weighted by atomic mass is 16.6. The summed E-state index contributed by atoms with van der Waals surface area (Å²) in [5, 5.41) is 13.5. The summed E-state index contributed by atoms with van der Waals surface area (Å²) >= 11 is 0. The first-order valence-corrected chi connectivity index (χ1v) is 10.5. The molecule has 10 nitrogen and oxygen atoms in total. The van der Waals surface area contributed by atoms with Crippen LogP contribution in [0.5, 0.6) is 0 Å². The molecule has 0 unspecified atom stereocenters. The van der Waals surface area contributed by atoms with Crippen molar-refractivity contribution in [3.05, 3.63) is 58.6 Å². The number of nitro benzene ring substituents is 1. The molecule has 32 heavy (non-hydrogen) atoms. The fraction of sp³-hybridized carbons (Fsp3) is 0.318. The van der Waals surface area contributed by atoms with Gasteiger partial charge in [-0.3, -0.25) is 29.2 Å². The quantitative estimate of drug-likeness (QED) is 0.469. The monoisotopic (exact) mass is 435 g/mol. The molecule has 0 radical (unpaired) electrons. The number of non-ortho nitro benzene ring substituents is 1. The number of benzene rings is 2. The van der Waals surface area contributed by atoms with Crippen LogP contribution in [0.25, 0.3) is 11.0 Å². The van der Waals surface area contributed by atoms with E-state index in [0.717, 1.165) is 23.9 Å². The van der Waals surface area contributed by atoms with Crippen LogP contribution < -0.4 is 10.2 Å². The second kappa shape index (κ2) is 8.04. The van der Waals surface area contributed by atoms with E-state index in [1.54, 1.807) is 4.90 Å². The third kappa shape index (κ3) is 3.58. The van der Waals surface area contributed by atoms with Crippen LogP contribution in [-0.2, 0) is 14.3 Å². The first-order chi connectivity index (χ1) is 15.5. The largest absolute Gasteiger partial charge is 0.376 e. The summed E-state index contributed by atoms with van der Waals surface area (Å²) in [7, 11) is 0. The molecule has 2 amide bonds. The lowest BCUT2D eigenvalue weighted by Gasteiger charge is -2.19. The van der Waals surface area contributed by atoms with Crippen LogP contribution in [0.2, 0.25) is 0 Å². The molecule has 2 aliphatic rings. The molecule has 1 saturated heterocycles. The molecule has 1 N–H and O–H groups in total. The Labute approximate surface area is 182 Å². The maximum absolute atomic E-state index is 13.3. The Morgan fingerprint density at radius 3 is 2.72 bits per heavy atom. The van der Waals surface area contributed by atoms with Crippen molar-refractivity contribution in [2.45, 2.75) is 31.4 Å². The lowest BCUT2D eigenvalue weighted by Crippen LogP contribution is -2.37. The zero-order valence-electron chi connectivity index (χ0n) is 17.1. The topological polar surface area (TPSA) is 120 Å². The number of rotatable bonds is 6. The highest BCUT2D eigenvalue weighted by Gasteiger charge is 2.42. The number of amides is 2. The van der Waals surface area contributed by atoms with Gasteiger partial charge in [0.15, 0.2) is 0 Å². The van der Waals surface area contributed by atoms with Crippen LogP contribution in [0.4, 0.5) is 17.3 Å². The molecule has 0 bridgehead atoms. The third-order valence-electron chi connectivity index (χ3n) is 5.83. The number of carbonyl (C=O) groups excluding carboxylic acids is 2. The molecule has 0 aliphatic carbocycles. The average molecular weight is 435 g/mol. The Hall–Kier alpha value is -3.79. The van der Waals surface area contributed by atoms with Crippen molar-refractivity contribution >= 4 is 40.2 Å². The van der Waals surface area contributed by atoms with E-state index in [-0.39, 0.29) is 30.0 Å². The van der Waals surface area contributed by atoms with Gasteiger partial charge in [0.1, 0.15) is 6.04 Å². The predicted molar refractivity (Wildman–Crippen MR) is 116 cm³/mol. The van der Waals surface area contributed by atoms with Gasteiger partial charge in [-0.2, -0.15) is 0 Å². The minimum absolute atomic E-state index is 0.0418. The Morgan fingerprint density at radius 1 is 1.22 bits per heavy atom. The van der Waals surface area contributed by atoms with Gasteiger partial charge in [-0.15, -0.1) is 0 Å². The van der Waals surface area contributed by atoms with E-state index in [0.29, 0.717) is 24.8 Å². The molecule has 3 aromatic rings. The van der Waals surface area contributed by atoms with Gasteiger partial charge in [0.2, 0.25) is 11.9 Å². The van der Waals surface area contributed by atoms with Crippen LogP contribution in [-0.4, -0.2) is 45.5 Å². The van der Waals surface area contributed by atoms with Gasteiger partial charge in [-0.25, -0.2) is 4.98 Å². The molecular weight excluding hydrogens is 414 g/mol. The Bertz CT molecular complexity index is 1200. The van der Waals surface area contributed by atoms with Crippen LogP contribution in [0.3, 0.4) is 0 Å². The van der Waals surface area contributed by atoms with Crippen molar-refractivity contribution in [2.75, 3.05) is 23.4 Å². The minimum atomic E-state index is -0.725. The van der Waals surface area contributed by atoms with Crippen molar-refractivity contribution < 1.29 is 19.2 Å². The molecule has 0 spiro atoms. The van der Waals surface area contributed by atoms with Gasteiger partial charge in [-0.1, -0.05) is 12.1 Å². The molecule has 0 saturated carbocycles. The fourth-order valence-corrected chi connectivity index (χ4v) is 4.31. The second-order valence-electron chi connectivity index (χ2n) is 7.93. The maximum atomic E-state index is 13.3. The van der Waals surface area contributed by atoms with E-state index >= 15 is 0 Å². The Morgan fingerprint density at radius 2 is 2.00 bits per heavy atom. The summed E-state index contributed by atoms with van der Waals surface area (Å²) in [4.78, 5) is 42.7. The molecule has 164 valence electrons. The molecule has 5 rings (SSSR count). The number of hydrogen-bond acceptors (Lipinski definition) is 6. The summed E-state index contributed by atoms with van der Waals surface area (Å²) < 4.78 is 7.54. The van der Waals surface area contributed by atoms with E-state index in [1.807, 2.05) is 28.8 Å². The normalized spacial score (nSPS) is 20.0. The number of para-hydroxylation sites is 2. The number of aromatic nitrogens is 2. The number of fused-ring (bicyclic) bond motifs is 3. The smallest absolute Gasteiger partial charge is 0.269 e. The number of carbonyl (C=O) groups is 2. The molecule has 3 heterocycles. The lowest BCUT2D eigenvalue weighted by atomic mass is 10.1. The lowest BCUT2D eigenvalue weighted by molar-refractivity contribution is -0.384. The highest BCUT2D eigenvalue weighted by molar-refractivity contribution is 6.05. The molecule has 2 aliphatic heterocycles. The van der Waals surface area contributed by atoms with Gasteiger partial charge in [-0.05, 0) is 37.1 Å². The predicted octanol–water partition coefficient (Wildman–Crippen LogP) is 3.04. The summed E-state index contributed by atoms with van der Waals surface area (Å²) in [6.45, 7) is 1.09. The minimum Gasteiger partial charge on any atom is -0.376 e. The highest BCUT2D eigenvalue weighted by Crippen LogP contribution is 2.37. The zero-order chi connectivity index (χ0) is 22.2. The molecule has 2 aromatic carbocycles. The summed E-state index contributed by atoms with van der Waals surface area (Å²) in [6, 6.07) is 12.4. The van der Waals surface area contributed by atoms with Crippen molar-refractivity contribution in [3.63, 3.8) is 0 Å². The number of nitrogens with zero attached hydrogens (tertiary/aromatic N) is 4. The molecule has 1 aromatic heterocycles. The van der Waals surface area contributed by atoms with Gasteiger partial charge in [0.25, 0.3) is 11.6 Å². The van der Waals surface area contributed by atoms with Crippen molar-refractivity contribution in [3.8, 4) is 0 Å². The van der Waals surface area contributed by atoms with E-state index in [2.05, 4.69) is 10.3 Å². The molecule has 2 atom stereocenters. The number of nitrogens with one attached hydrogen (secondary N) is 1. The molecule has 1 fully saturated rings. The Balaban J connectivity index is 1.40. The maximum Gasteiger partial charge on any atom is 0.269 e. The van der Waals surface area contributed by atoms with Crippen molar-refractivity contribution in [1.82, 2.24) is 9.55 Å². The standard InChI is InChI=1S/C22H21N5O5/c28-20(23-14-7-9-15(10-8-14)27(30)31)12-19-21(29)25(13-16-4-3-11-32-16)22-24-17-5-1-2-6-18(17)26(19)22/h1-2,5-10,16,19H,3-4,11-13H2,(H,23,28)/t16-,19-/m0/s1. The number of anilines is 2. The van der Waals surface area contributed by atoms with Gasteiger partial charge in [0.05, 0.1) is 35.0 Å². The van der Waals surface area contributed by atoms with Crippen molar-refractivity contribution in [1.29, 1.82) is 0 Å². The van der Waals surface area contributed by atoms with Crippen molar-refractivity contribution in [2.24, 2.45) is 0 Å². The van der Waals surface area contributed by atoms with E-state index in [4.69, 9.17) is 4.74 Å². The number of nitro groups is 1. The van der Waals surface area contributed by atoms with E-state index in [1.165, 1.54) is 24.3 Å². The fourth-order valence-electron chi connectivity index (χ4n) is 4.31. The summed E-state index contributed by atoms with van der Waals surface area (Å²) in [5.41, 5.74) is 1.91. The van der Waals surface area contributed by atoms with Crippen LogP contribution >= 0.6 is 0 Å². The third-order valence-corrected chi connectivity index (χ3v) is 5.83. The van der Waals surface area contributed by atoms with E-state index in [9.17, 15) is 19.7 Å². The van der Waals surface area contributed by atoms with E-state index < -0.39 is 11.0 Å². The number of ether oxygens (including phenoxy) is 1. The van der Waals surface area contributed by atoms with Gasteiger partial charge < -0.3 is 10.1 Å². The first kappa shape index (κ1) is 20.1. The van der Waals surface area contributed by atoms with Crippen LogP contribution in [0.1, 0.15) is 25.3 Å². The van der Waals surface area contributed by atoms with Gasteiger partial charge in [0, 0.05) is 24.4 Å². The number of hydrogen-bond donors (Lipinski definition) is 1. The SMILES string of the molecule is O=C(C[C@H]1C(=O)N(C[C@@H]2CCCO2)c2nc3ccccc3n21)Nc1ccc([N+](=O)[O-])cc1. The molecule has 10 heteroatoms. The van der Waals surface area contributed by atoms with Crippen LogP contribution in [0, 0.1) is 10.1 Å². The zero-order valence-corrected chi connectivity index (χ0v) is 17.1. The summed E-state index contributed by atoms with van der Waals surface area (Å²) in [5.74, 6) is -0.0210.